The topological polar surface area (TPSA) is 124 Å². The molecule has 2 rings (SSSR count). The first-order chi connectivity index (χ1) is 12.7. The Bertz CT molecular complexity index is 999. The molecule has 0 unspecified atom stereocenters. The smallest absolute Gasteiger partial charge is 0.340 e. The number of imide groups is 1. The van der Waals surface area contributed by atoms with E-state index in [2.05, 4.69) is 10.0 Å². The van der Waals surface area contributed by atoms with Crippen molar-refractivity contribution in [3.63, 3.8) is 0 Å². The lowest BCUT2D eigenvalue weighted by atomic mass is 10.2. The number of nitrogens with zero attached hydrogens (tertiary/aromatic N) is 1. The highest BCUT2D eigenvalue weighted by Crippen LogP contribution is 2.21. The Morgan fingerprint density at radius 3 is 2.52 bits per heavy atom. The van der Waals surface area contributed by atoms with E-state index in [1.54, 1.807) is 19.3 Å². The Morgan fingerprint density at radius 1 is 1.22 bits per heavy atom. The lowest BCUT2D eigenvalue weighted by Crippen LogP contribution is -2.35. The van der Waals surface area contributed by atoms with Crippen molar-refractivity contribution in [2.45, 2.75) is 4.90 Å². The van der Waals surface area contributed by atoms with Gasteiger partial charge in [0.2, 0.25) is 10.0 Å². The number of hydrogen-bond acceptors (Lipinski definition) is 6. The van der Waals surface area contributed by atoms with E-state index in [0.717, 1.165) is 6.07 Å². The van der Waals surface area contributed by atoms with Crippen LogP contribution in [0.2, 0.25) is 5.02 Å². The molecule has 0 aliphatic rings. The minimum atomic E-state index is -3.79. The van der Waals surface area contributed by atoms with Gasteiger partial charge in [0.05, 0.1) is 15.5 Å². The molecule has 2 aromatic rings. The average Bonchev–Trinajstić information content (AvgIpc) is 3.06. The Morgan fingerprint density at radius 2 is 1.93 bits per heavy atom. The molecule has 0 fully saturated rings. The van der Waals surface area contributed by atoms with E-state index >= 15 is 0 Å². The molecule has 0 spiro atoms. The Labute approximate surface area is 160 Å². The normalized spacial score (nSPS) is 11.1. The molecule has 9 nitrogen and oxygen atoms in total. The maximum absolute atomic E-state index is 12.1. The summed E-state index contributed by atoms with van der Waals surface area (Å²) in [6, 6.07) is 6.62. The van der Waals surface area contributed by atoms with Crippen LogP contribution in [0, 0.1) is 0 Å². The maximum atomic E-state index is 12.1. The number of aromatic nitrogens is 1. The Hall–Kier alpha value is -2.69. The van der Waals surface area contributed by atoms with E-state index < -0.39 is 34.4 Å². The summed E-state index contributed by atoms with van der Waals surface area (Å²) in [6.07, 6.45) is 1.63. The van der Waals surface area contributed by atoms with Crippen molar-refractivity contribution in [1.82, 2.24) is 14.6 Å². The second-order valence-electron chi connectivity index (χ2n) is 5.31. The fourth-order valence-corrected chi connectivity index (χ4v) is 3.03. The summed E-state index contributed by atoms with van der Waals surface area (Å²) in [5, 5.41) is 2.03. The highest BCUT2D eigenvalue weighted by Gasteiger charge is 2.20. The predicted molar refractivity (Wildman–Crippen MR) is 95.9 cm³/mol. The van der Waals surface area contributed by atoms with Crippen LogP contribution in [0.4, 0.5) is 0 Å². The van der Waals surface area contributed by atoms with Crippen LogP contribution in [0.1, 0.15) is 20.8 Å². The van der Waals surface area contributed by atoms with Gasteiger partial charge >= 0.3 is 5.97 Å². The van der Waals surface area contributed by atoms with E-state index in [9.17, 15) is 22.8 Å². The average molecular weight is 414 g/mol. The van der Waals surface area contributed by atoms with Gasteiger partial charge in [0, 0.05) is 13.2 Å². The molecule has 0 saturated carbocycles. The van der Waals surface area contributed by atoms with E-state index in [1.807, 2.05) is 0 Å². The molecule has 2 N–H and O–H groups in total. The summed E-state index contributed by atoms with van der Waals surface area (Å²) in [5.41, 5.74) is 0.0252. The first kappa shape index (κ1) is 20.6. The monoisotopic (exact) mass is 413 g/mol. The molecular weight excluding hydrogens is 398 g/mol. The van der Waals surface area contributed by atoms with Crippen molar-refractivity contribution in [3.05, 3.63) is 52.8 Å². The molecule has 0 aliphatic heterocycles. The summed E-state index contributed by atoms with van der Waals surface area (Å²) < 4.78 is 32.0. The zero-order chi connectivity index (χ0) is 20.2. The third-order valence-electron chi connectivity index (χ3n) is 3.50. The molecule has 0 atom stereocenters. The number of rotatable bonds is 6. The van der Waals surface area contributed by atoms with Gasteiger partial charge in [-0.05, 0) is 37.4 Å². The van der Waals surface area contributed by atoms with Crippen LogP contribution >= 0.6 is 11.6 Å². The second kappa shape index (κ2) is 8.33. The van der Waals surface area contributed by atoms with Crippen molar-refractivity contribution in [3.8, 4) is 0 Å². The summed E-state index contributed by atoms with van der Waals surface area (Å²) in [6.45, 7) is -0.742. The van der Waals surface area contributed by atoms with Crippen molar-refractivity contribution < 1.29 is 27.5 Å². The van der Waals surface area contributed by atoms with Crippen molar-refractivity contribution >= 4 is 39.4 Å². The Kier molecular flexibility index (Phi) is 6.37. The van der Waals surface area contributed by atoms with Crippen LogP contribution in [0.5, 0.6) is 0 Å². The van der Waals surface area contributed by atoms with Crippen LogP contribution in [0.15, 0.2) is 41.4 Å². The van der Waals surface area contributed by atoms with Crippen molar-refractivity contribution in [2.75, 3.05) is 13.7 Å². The lowest BCUT2D eigenvalue weighted by molar-refractivity contribution is -0.123. The van der Waals surface area contributed by atoms with E-state index in [1.165, 1.54) is 29.8 Å². The quantitative estimate of drug-likeness (QED) is 0.672. The second-order valence-corrected chi connectivity index (χ2v) is 7.60. The third kappa shape index (κ3) is 4.94. The maximum Gasteiger partial charge on any atom is 0.340 e. The van der Waals surface area contributed by atoms with Crippen LogP contribution in [-0.2, 0) is 26.6 Å². The van der Waals surface area contributed by atoms with Gasteiger partial charge in [-0.25, -0.2) is 17.9 Å². The van der Waals surface area contributed by atoms with Crippen molar-refractivity contribution in [2.24, 2.45) is 7.05 Å². The van der Waals surface area contributed by atoms with Gasteiger partial charge in [-0.2, -0.15) is 0 Å². The Balaban J connectivity index is 2.03. The van der Waals surface area contributed by atoms with E-state index in [0.29, 0.717) is 0 Å². The highest BCUT2D eigenvalue weighted by atomic mass is 35.5. The standard InChI is InChI=1S/C16H16ClN3O6S/c1-18-27(24,25)10-5-6-12(17)11(8-10)16(23)26-9-14(21)19-15(22)13-4-3-7-20(13)2/h3-8,18H,9H2,1-2H3,(H,19,21,22). The SMILES string of the molecule is CNS(=O)(=O)c1ccc(Cl)c(C(=O)OCC(=O)NC(=O)c2cccn2C)c1. The molecule has 27 heavy (non-hydrogen) atoms. The van der Waals surface area contributed by atoms with Gasteiger partial charge in [0.15, 0.2) is 6.61 Å². The minimum Gasteiger partial charge on any atom is -0.452 e. The van der Waals surface area contributed by atoms with Gasteiger partial charge in [-0.1, -0.05) is 11.6 Å². The molecule has 2 amide bonds. The number of esters is 1. The molecule has 1 heterocycles. The van der Waals surface area contributed by atoms with E-state index in [4.69, 9.17) is 16.3 Å². The van der Waals surface area contributed by atoms with Crippen LogP contribution in [0.25, 0.3) is 0 Å². The van der Waals surface area contributed by atoms with E-state index in [-0.39, 0.29) is 21.2 Å². The number of benzene rings is 1. The lowest BCUT2D eigenvalue weighted by Gasteiger charge is -2.09. The van der Waals surface area contributed by atoms with Crippen LogP contribution in [0.3, 0.4) is 0 Å². The number of carbonyl (C=O) groups excluding carboxylic acids is 3. The largest absolute Gasteiger partial charge is 0.452 e. The van der Waals surface area contributed by atoms with Crippen LogP contribution < -0.4 is 10.0 Å². The predicted octanol–water partition coefficient (Wildman–Crippen LogP) is 0.700. The number of nitrogens with one attached hydrogen (secondary N) is 2. The summed E-state index contributed by atoms with van der Waals surface area (Å²) in [7, 11) is -0.939. The number of aryl methyl sites for hydroxylation is 1. The molecule has 0 saturated heterocycles. The number of carbonyl (C=O) groups is 3. The highest BCUT2D eigenvalue weighted by molar-refractivity contribution is 7.89. The third-order valence-corrected chi connectivity index (χ3v) is 5.24. The fourth-order valence-electron chi connectivity index (χ4n) is 2.08. The van der Waals surface area contributed by atoms with Gasteiger partial charge < -0.3 is 9.30 Å². The number of sulfonamides is 1. The molecule has 0 aliphatic carbocycles. The van der Waals surface area contributed by atoms with Crippen LogP contribution in [-0.4, -0.2) is 44.4 Å². The molecule has 1 aromatic carbocycles. The zero-order valence-corrected chi connectivity index (χ0v) is 15.9. The first-order valence-electron chi connectivity index (χ1n) is 7.51. The fraction of sp³-hybridized carbons (Fsp3) is 0.188. The van der Waals surface area contributed by atoms with Gasteiger partial charge in [-0.3, -0.25) is 14.9 Å². The first-order valence-corrected chi connectivity index (χ1v) is 9.37. The van der Waals surface area contributed by atoms with Gasteiger partial charge in [0.1, 0.15) is 5.69 Å². The summed E-state index contributed by atoms with van der Waals surface area (Å²) in [5.74, 6) is -2.50. The van der Waals surface area contributed by atoms with Crippen molar-refractivity contribution in [1.29, 1.82) is 0 Å². The molecular formula is C16H16ClN3O6S. The zero-order valence-electron chi connectivity index (χ0n) is 14.4. The van der Waals surface area contributed by atoms with Gasteiger partial charge in [-0.15, -0.1) is 0 Å². The summed E-state index contributed by atoms with van der Waals surface area (Å²) in [4.78, 5) is 35.6. The number of ether oxygens (including phenoxy) is 1. The minimum absolute atomic E-state index is 0.0460. The molecule has 0 bridgehead atoms. The molecule has 144 valence electrons. The molecule has 11 heteroatoms. The van der Waals surface area contributed by atoms with Gasteiger partial charge in [0.25, 0.3) is 11.8 Å². The molecule has 0 radical (unpaired) electrons. The number of amides is 2. The number of hydrogen-bond donors (Lipinski definition) is 2. The number of halogens is 1. The summed E-state index contributed by atoms with van der Waals surface area (Å²) >= 11 is 5.90. The molecule has 1 aromatic heterocycles.